The zero-order valence-corrected chi connectivity index (χ0v) is 15.4. The molecule has 5 N–H and O–H groups in total. The van der Waals surface area contributed by atoms with Gasteiger partial charge in [-0.05, 0) is 6.42 Å². The smallest absolute Gasteiger partial charge is 0.319 e. The molecule has 0 saturated heterocycles. The summed E-state index contributed by atoms with van der Waals surface area (Å²) >= 11 is 0. The molecule has 2 heterocycles. The Morgan fingerprint density at radius 2 is 1.96 bits per heavy atom. The Labute approximate surface area is 157 Å². The number of rotatable bonds is 6. The predicted molar refractivity (Wildman–Crippen MR) is 102 cm³/mol. The van der Waals surface area contributed by atoms with Crippen LogP contribution in [0.5, 0.6) is 11.9 Å². The number of carbonyl (C=O) groups is 1. The number of carbonyl (C=O) groups excluding carboxylic acids is 1. The molecule has 1 aliphatic rings. The van der Waals surface area contributed by atoms with E-state index < -0.39 is 0 Å². The minimum Gasteiger partial charge on any atom is -0.480 e. The maximum absolute atomic E-state index is 12.3. The molecule has 1 aliphatic heterocycles. The van der Waals surface area contributed by atoms with Gasteiger partial charge in [-0.3, -0.25) is 15.6 Å². The number of anilines is 1. The van der Waals surface area contributed by atoms with Crippen LogP contribution in [0.1, 0.15) is 18.9 Å². The molecule has 1 amide bonds. The van der Waals surface area contributed by atoms with Crippen molar-refractivity contribution in [2.75, 3.05) is 26.2 Å². The number of amides is 1. The Hall–Kier alpha value is -3.49. The van der Waals surface area contributed by atoms with Crippen LogP contribution in [0.4, 0.5) is 5.69 Å². The van der Waals surface area contributed by atoms with Gasteiger partial charge in [0.1, 0.15) is 5.70 Å². The summed E-state index contributed by atoms with van der Waals surface area (Å²) in [6, 6.07) is 5.78. The third-order valence-corrected chi connectivity index (χ3v) is 4.10. The lowest BCUT2D eigenvalue weighted by atomic mass is 9.98. The maximum atomic E-state index is 12.3. The topological polar surface area (TPSA) is 123 Å². The Morgan fingerprint density at radius 3 is 2.67 bits per heavy atom. The number of hydrogen-bond acceptors (Lipinski definition) is 8. The van der Waals surface area contributed by atoms with Gasteiger partial charge in [0.15, 0.2) is 0 Å². The monoisotopic (exact) mass is 370 g/mol. The third kappa shape index (κ3) is 3.43. The molecule has 0 unspecified atom stereocenters. The zero-order valence-electron chi connectivity index (χ0n) is 15.4. The van der Waals surface area contributed by atoms with Crippen LogP contribution in [0, 0.1) is 0 Å². The standard InChI is InChI=1S/C18H22N6O3/c1-4-8-20-16(25)15-13(19)11-7-5-6-10(14(11)23-24-15)12-9-21-18(27-3)22-17(12)26-2/h5-7,9,23-24H,4,8,19H2,1-3H3,(H,20,25). The summed E-state index contributed by atoms with van der Waals surface area (Å²) in [5.41, 5.74) is 15.7. The summed E-state index contributed by atoms with van der Waals surface area (Å²) in [7, 11) is 3.01. The summed E-state index contributed by atoms with van der Waals surface area (Å²) in [4.78, 5) is 20.7. The van der Waals surface area contributed by atoms with Crippen LogP contribution in [0.2, 0.25) is 0 Å². The first-order valence-electron chi connectivity index (χ1n) is 8.49. The highest BCUT2D eigenvalue weighted by Crippen LogP contribution is 2.39. The highest BCUT2D eigenvalue weighted by atomic mass is 16.5. The van der Waals surface area contributed by atoms with Crippen molar-refractivity contribution in [1.82, 2.24) is 20.7 Å². The van der Waals surface area contributed by atoms with Crippen LogP contribution in [-0.2, 0) is 4.79 Å². The Bertz CT molecular complexity index is 897. The first-order chi connectivity index (χ1) is 13.1. The molecule has 0 aliphatic carbocycles. The molecular formula is C18H22N6O3. The predicted octanol–water partition coefficient (Wildman–Crippen LogP) is 1.24. The number of para-hydroxylation sites is 1. The molecule has 1 aromatic heterocycles. The van der Waals surface area contributed by atoms with E-state index in [2.05, 4.69) is 26.1 Å². The first kappa shape index (κ1) is 18.3. The second-order valence-corrected chi connectivity index (χ2v) is 5.80. The minimum atomic E-state index is -0.261. The molecule has 1 aromatic carbocycles. The molecule has 0 fully saturated rings. The van der Waals surface area contributed by atoms with Crippen LogP contribution >= 0.6 is 0 Å². The van der Waals surface area contributed by atoms with Crippen molar-refractivity contribution < 1.29 is 14.3 Å². The molecule has 9 nitrogen and oxygen atoms in total. The summed E-state index contributed by atoms with van der Waals surface area (Å²) in [5.74, 6) is 0.106. The van der Waals surface area contributed by atoms with Gasteiger partial charge in [0.05, 0.1) is 31.2 Å². The van der Waals surface area contributed by atoms with E-state index in [4.69, 9.17) is 15.2 Å². The largest absolute Gasteiger partial charge is 0.480 e. The molecule has 2 aromatic rings. The zero-order chi connectivity index (χ0) is 19.4. The minimum absolute atomic E-state index is 0.209. The Kier molecular flexibility index (Phi) is 5.30. The lowest BCUT2D eigenvalue weighted by Gasteiger charge is -2.25. The van der Waals surface area contributed by atoms with Crippen LogP contribution in [-0.4, -0.2) is 36.6 Å². The fraction of sp³-hybridized carbons (Fsp3) is 0.278. The number of ether oxygens (including phenoxy) is 2. The van der Waals surface area contributed by atoms with Crippen molar-refractivity contribution in [1.29, 1.82) is 0 Å². The molecule has 0 radical (unpaired) electrons. The van der Waals surface area contributed by atoms with Crippen LogP contribution < -0.4 is 31.4 Å². The van der Waals surface area contributed by atoms with Crippen molar-refractivity contribution >= 4 is 17.3 Å². The average Bonchev–Trinajstić information content (AvgIpc) is 2.71. The number of nitrogens with zero attached hydrogens (tertiary/aromatic N) is 2. The van der Waals surface area contributed by atoms with Crippen LogP contribution in [0.15, 0.2) is 30.1 Å². The Morgan fingerprint density at radius 1 is 1.19 bits per heavy atom. The van der Waals surface area contributed by atoms with Gasteiger partial charge in [-0.2, -0.15) is 4.98 Å². The fourth-order valence-corrected chi connectivity index (χ4v) is 2.76. The Balaban J connectivity index is 2.06. The van der Waals surface area contributed by atoms with Crippen molar-refractivity contribution in [3.63, 3.8) is 0 Å². The van der Waals surface area contributed by atoms with E-state index in [0.29, 0.717) is 34.9 Å². The summed E-state index contributed by atoms with van der Waals surface area (Å²) in [6.07, 6.45) is 2.45. The van der Waals surface area contributed by atoms with E-state index in [1.165, 1.54) is 14.2 Å². The molecule has 142 valence electrons. The molecule has 0 saturated carbocycles. The van der Waals surface area contributed by atoms with Crippen molar-refractivity contribution in [3.05, 3.63) is 35.7 Å². The molecular weight excluding hydrogens is 348 g/mol. The third-order valence-electron chi connectivity index (χ3n) is 4.10. The molecule has 3 rings (SSSR count). The lowest BCUT2D eigenvalue weighted by molar-refractivity contribution is -0.117. The summed E-state index contributed by atoms with van der Waals surface area (Å²) in [5, 5.41) is 2.81. The van der Waals surface area contributed by atoms with Gasteiger partial charge >= 0.3 is 6.01 Å². The second-order valence-electron chi connectivity index (χ2n) is 5.80. The number of nitrogens with one attached hydrogen (secondary N) is 3. The van der Waals surface area contributed by atoms with Gasteiger partial charge in [-0.1, -0.05) is 25.1 Å². The van der Waals surface area contributed by atoms with E-state index in [-0.39, 0.29) is 17.6 Å². The molecule has 0 atom stereocenters. The lowest BCUT2D eigenvalue weighted by Crippen LogP contribution is -2.39. The van der Waals surface area contributed by atoms with Crippen LogP contribution in [0.3, 0.4) is 0 Å². The highest BCUT2D eigenvalue weighted by molar-refractivity contribution is 6.04. The van der Waals surface area contributed by atoms with E-state index in [1.54, 1.807) is 6.20 Å². The quantitative estimate of drug-likeness (QED) is 0.599. The van der Waals surface area contributed by atoms with E-state index >= 15 is 0 Å². The van der Waals surface area contributed by atoms with E-state index in [0.717, 1.165) is 12.0 Å². The molecule has 0 spiro atoms. The number of hydrazine groups is 1. The van der Waals surface area contributed by atoms with Crippen molar-refractivity contribution in [3.8, 4) is 23.0 Å². The van der Waals surface area contributed by atoms with Gasteiger partial charge in [0.25, 0.3) is 5.91 Å². The molecule has 27 heavy (non-hydrogen) atoms. The summed E-state index contributed by atoms with van der Waals surface area (Å²) < 4.78 is 10.4. The molecule has 9 heteroatoms. The number of nitrogens with two attached hydrogens (primary N) is 1. The first-order valence-corrected chi connectivity index (χ1v) is 8.49. The van der Waals surface area contributed by atoms with Crippen molar-refractivity contribution in [2.24, 2.45) is 5.73 Å². The van der Waals surface area contributed by atoms with Gasteiger partial charge < -0.3 is 20.5 Å². The maximum Gasteiger partial charge on any atom is 0.319 e. The van der Waals surface area contributed by atoms with Gasteiger partial charge in [-0.15, -0.1) is 0 Å². The normalized spacial score (nSPS) is 12.6. The van der Waals surface area contributed by atoms with Gasteiger partial charge in [0.2, 0.25) is 5.88 Å². The average molecular weight is 370 g/mol. The highest BCUT2D eigenvalue weighted by Gasteiger charge is 2.25. The SMILES string of the molecule is CCCNC(=O)C1=C(N)c2cccc(-c3cnc(OC)nc3OC)c2NN1. The number of benzene rings is 1. The number of fused-ring (bicyclic) bond motifs is 1. The van der Waals surface area contributed by atoms with E-state index in [9.17, 15) is 4.79 Å². The number of methoxy groups -OCH3 is 2. The number of aromatic nitrogens is 2. The molecule has 0 bridgehead atoms. The second kappa shape index (κ2) is 7.81. The van der Waals surface area contributed by atoms with Crippen LogP contribution in [0.25, 0.3) is 16.8 Å². The van der Waals surface area contributed by atoms with Gasteiger partial charge in [0, 0.05) is 23.9 Å². The van der Waals surface area contributed by atoms with E-state index in [1.807, 2.05) is 25.1 Å². The summed E-state index contributed by atoms with van der Waals surface area (Å²) in [6.45, 7) is 2.56. The number of hydrogen-bond donors (Lipinski definition) is 4. The fourth-order valence-electron chi connectivity index (χ4n) is 2.76. The van der Waals surface area contributed by atoms with Gasteiger partial charge in [-0.25, -0.2) is 4.98 Å². The van der Waals surface area contributed by atoms with Crippen molar-refractivity contribution in [2.45, 2.75) is 13.3 Å².